The van der Waals surface area contributed by atoms with Crippen LogP contribution in [0, 0.1) is 5.95 Å². The van der Waals surface area contributed by atoms with Crippen molar-refractivity contribution in [1.29, 1.82) is 0 Å². The van der Waals surface area contributed by atoms with E-state index in [9.17, 15) is 4.39 Å². The van der Waals surface area contributed by atoms with Crippen LogP contribution in [0.3, 0.4) is 0 Å². The molecule has 0 aliphatic carbocycles. The lowest BCUT2D eigenvalue weighted by Crippen LogP contribution is -2.15. The van der Waals surface area contributed by atoms with E-state index in [1.165, 1.54) is 12.3 Å². The van der Waals surface area contributed by atoms with Gasteiger partial charge in [0, 0.05) is 17.8 Å². The van der Waals surface area contributed by atoms with Crippen LogP contribution < -0.4 is 5.32 Å². The zero-order valence-electron chi connectivity index (χ0n) is 6.08. The quantitative estimate of drug-likeness (QED) is 0.482. The van der Waals surface area contributed by atoms with E-state index < -0.39 is 12.2 Å². The van der Waals surface area contributed by atoms with Gasteiger partial charge in [-0.25, -0.2) is 4.98 Å². The molecule has 0 radical (unpaired) electrons. The number of nitrogens with one attached hydrogen (secondary N) is 1. The van der Waals surface area contributed by atoms with E-state index in [0.717, 1.165) is 0 Å². The van der Waals surface area contributed by atoms with Crippen LogP contribution in [0.1, 0.15) is 11.8 Å². The van der Waals surface area contributed by atoms with Crippen LogP contribution in [0.25, 0.3) is 0 Å². The summed E-state index contributed by atoms with van der Waals surface area (Å²) in [6.07, 6.45) is 0.484. The summed E-state index contributed by atoms with van der Waals surface area (Å²) in [4.78, 5) is 3.35. The summed E-state index contributed by atoms with van der Waals surface area (Å²) in [5.74, 6) is -0.586. The highest BCUT2D eigenvalue weighted by atomic mass is 19.1. The van der Waals surface area contributed by atoms with E-state index in [4.69, 9.17) is 5.11 Å². The average Bonchev–Trinajstić information content (AvgIpc) is 2.03. The third kappa shape index (κ3) is 1.96. The lowest BCUT2D eigenvalue weighted by molar-refractivity contribution is 0.148. The zero-order chi connectivity index (χ0) is 8.27. The molecule has 0 saturated carbocycles. The molecule has 4 heteroatoms. The first-order valence-corrected chi connectivity index (χ1v) is 3.21. The lowest BCUT2D eigenvalue weighted by Gasteiger charge is -2.07. The van der Waals surface area contributed by atoms with Crippen LogP contribution in [0.15, 0.2) is 18.3 Å². The van der Waals surface area contributed by atoms with Gasteiger partial charge in [0.15, 0.2) is 0 Å². The van der Waals surface area contributed by atoms with Crippen molar-refractivity contribution in [2.75, 3.05) is 7.05 Å². The number of aliphatic hydroxyl groups excluding tert-OH is 1. The molecule has 0 aliphatic heterocycles. The molecule has 1 heterocycles. The van der Waals surface area contributed by atoms with Crippen molar-refractivity contribution in [3.63, 3.8) is 0 Å². The highest BCUT2D eigenvalue weighted by molar-refractivity contribution is 5.12. The minimum absolute atomic E-state index is 0.472. The summed E-state index contributed by atoms with van der Waals surface area (Å²) >= 11 is 0. The van der Waals surface area contributed by atoms with Crippen molar-refractivity contribution in [1.82, 2.24) is 10.3 Å². The normalized spacial score (nSPS) is 13.0. The second-order valence-electron chi connectivity index (χ2n) is 2.10. The van der Waals surface area contributed by atoms with Crippen LogP contribution in [0.2, 0.25) is 0 Å². The lowest BCUT2D eigenvalue weighted by atomic mass is 10.2. The van der Waals surface area contributed by atoms with E-state index in [2.05, 4.69) is 10.3 Å². The molecule has 0 bridgehead atoms. The maximum atomic E-state index is 12.4. The standard InChI is InChI=1S/C7H9FN2O/c1-9-7(11)5-2-3-10-6(8)4-5/h2-4,7,9,11H,1H3. The zero-order valence-corrected chi connectivity index (χ0v) is 6.08. The topological polar surface area (TPSA) is 45.1 Å². The highest BCUT2D eigenvalue weighted by Gasteiger charge is 2.04. The Balaban J connectivity index is 2.86. The molecule has 0 fully saturated rings. The van der Waals surface area contributed by atoms with Gasteiger partial charge >= 0.3 is 0 Å². The van der Waals surface area contributed by atoms with E-state index in [1.54, 1.807) is 13.1 Å². The van der Waals surface area contributed by atoms with Gasteiger partial charge in [-0.2, -0.15) is 4.39 Å². The van der Waals surface area contributed by atoms with Gasteiger partial charge in [-0.15, -0.1) is 0 Å². The molecule has 1 aromatic heterocycles. The molecule has 1 rings (SSSR count). The van der Waals surface area contributed by atoms with Gasteiger partial charge in [0.2, 0.25) is 5.95 Å². The maximum Gasteiger partial charge on any atom is 0.213 e. The Morgan fingerprint density at radius 3 is 3.00 bits per heavy atom. The first-order chi connectivity index (χ1) is 5.24. The van der Waals surface area contributed by atoms with Crippen molar-refractivity contribution < 1.29 is 9.50 Å². The summed E-state index contributed by atoms with van der Waals surface area (Å²) in [5, 5.41) is 11.7. The minimum atomic E-state index is -0.826. The fraction of sp³-hybridized carbons (Fsp3) is 0.286. The molecule has 2 N–H and O–H groups in total. The fourth-order valence-corrected chi connectivity index (χ4v) is 0.754. The van der Waals surface area contributed by atoms with Crippen LogP contribution in [-0.4, -0.2) is 17.1 Å². The van der Waals surface area contributed by atoms with Gasteiger partial charge in [0.05, 0.1) is 0 Å². The number of halogens is 1. The van der Waals surface area contributed by atoms with Crippen molar-refractivity contribution in [3.8, 4) is 0 Å². The second kappa shape index (κ2) is 3.41. The van der Waals surface area contributed by atoms with Gasteiger partial charge in [-0.05, 0) is 13.1 Å². The monoisotopic (exact) mass is 156 g/mol. The van der Waals surface area contributed by atoms with E-state index in [-0.39, 0.29) is 0 Å². The molecule has 0 aromatic carbocycles. The Bertz CT molecular complexity index is 242. The average molecular weight is 156 g/mol. The van der Waals surface area contributed by atoms with Crippen LogP contribution >= 0.6 is 0 Å². The number of pyridine rings is 1. The minimum Gasteiger partial charge on any atom is -0.374 e. The molecule has 60 valence electrons. The van der Waals surface area contributed by atoms with Crippen LogP contribution in [0.4, 0.5) is 4.39 Å². The Morgan fingerprint density at radius 2 is 2.45 bits per heavy atom. The maximum absolute atomic E-state index is 12.4. The van der Waals surface area contributed by atoms with Crippen LogP contribution in [-0.2, 0) is 0 Å². The number of nitrogens with zero attached hydrogens (tertiary/aromatic N) is 1. The number of hydrogen-bond donors (Lipinski definition) is 2. The summed E-state index contributed by atoms with van der Waals surface area (Å²) in [6, 6.07) is 2.73. The number of rotatable bonds is 2. The summed E-state index contributed by atoms with van der Waals surface area (Å²) in [7, 11) is 1.59. The molecule has 0 aliphatic rings. The third-order valence-electron chi connectivity index (χ3n) is 1.34. The fourth-order valence-electron chi connectivity index (χ4n) is 0.754. The second-order valence-corrected chi connectivity index (χ2v) is 2.10. The summed E-state index contributed by atoms with van der Waals surface area (Å²) in [5.41, 5.74) is 0.472. The third-order valence-corrected chi connectivity index (χ3v) is 1.34. The predicted molar refractivity (Wildman–Crippen MR) is 38.2 cm³/mol. The Hall–Kier alpha value is -1.00. The number of hydrogen-bond acceptors (Lipinski definition) is 3. The SMILES string of the molecule is CNC(O)c1ccnc(F)c1. The number of aliphatic hydroxyl groups is 1. The van der Waals surface area contributed by atoms with E-state index in [1.807, 2.05) is 0 Å². The van der Waals surface area contributed by atoms with Crippen molar-refractivity contribution in [3.05, 3.63) is 29.8 Å². The molecular weight excluding hydrogens is 147 g/mol. The molecule has 0 spiro atoms. The van der Waals surface area contributed by atoms with Gasteiger partial charge in [0.1, 0.15) is 6.23 Å². The first-order valence-electron chi connectivity index (χ1n) is 3.21. The molecule has 0 saturated heterocycles. The smallest absolute Gasteiger partial charge is 0.213 e. The molecular formula is C7H9FN2O. The summed E-state index contributed by atoms with van der Waals surface area (Å²) in [6.45, 7) is 0. The highest BCUT2D eigenvalue weighted by Crippen LogP contribution is 2.08. The molecule has 0 amide bonds. The van der Waals surface area contributed by atoms with Gasteiger partial charge in [-0.1, -0.05) is 0 Å². The van der Waals surface area contributed by atoms with Crippen molar-refractivity contribution in [2.45, 2.75) is 6.23 Å². The molecule has 1 aromatic rings. The Kier molecular flexibility index (Phi) is 2.51. The van der Waals surface area contributed by atoms with Gasteiger partial charge < -0.3 is 5.11 Å². The number of aromatic nitrogens is 1. The Morgan fingerprint density at radius 1 is 1.73 bits per heavy atom. The Labute approximate surface area is 63.9 Å². The van der Waals surface area contributed by atoms with E-state index >= 15 is 0 Å². The first kappa shape index (κ1) is 8.10. The predicted octanol–water partition coefficient (Wildman–Crippen LogP) is 0.431. The molecule has 11 heavy (non-hydrogen) atoms. The largest absolute Gasteiger partial charge is 0.374 e. The van der Waals surface area contributed by atoms with Crippen molar-refractivity contribution in [2.24, 2.45) is 0 Å². The molecule has 3 nitrogen and oxygen atoms in total. The molecule has 1 atom stereocenters. The van der Waals surface area contributed by atoms with Crippen LogP contribution in [0.5, 0.6) is 0 Å². The van der Waals surface area contributed by atoms with Crippen molar-refractivity contribution >= 4 is 0 Å². The van der Waals surface area contributed by atoms with Gasteiger partial charge in [0.25, 0.3) is 0 Å². The van der Waals surface area contributed by atoms with E-state index in [0.29, 0.717) is 5.56 Å². The van der Waals surface area contributed by atoms with Gasteiger partial charge in [-0.3, -0.25) is 5.32 Å². The molecule has 1 unspecified atom stereocenters. The summed E-state index contributed by atoms with van der Waals surface area (Å²) < 4.78 is 12.4.